The fourth-order valence-corrected chi connectivity index (χ4v) is 3.85. The molecule has 20 heavy (non-hydrogen) atoms. The van der Waals surface area contributed by atoms with E-state index in [1.54, 1.807) is 22.7 Å². The Morgan fingerprint density at radius 1 is 1.50 bits per heavy atom. The summed E-state index contributed by atoms with van der Waals surface area (Å²) in [5.74, 6) is 0.620. The van der Waals surface area contributed by atoms with Crippen LogP contribution in [0.5, 0.6) is 0 Å². The Labute approximate surface area is 130 Å². The van der Waals surface area contributed by atoms with Gasteiger partial charge in [-0.25, -0.2) is 0 Å². The Hall–Kier alpha value is -1.01. The van der Waals surface area contributed by atoms with Crippen molar-refractivity contribution in [3.8, 4) is 0 Å². The third kappa shape index (κ3) is 3.55. The van der Waals surface area contributed by atoms with Crippen molar-refractivity contribution >= 4 is 39.6 Å². The molecule has 1 aromatic carbocycles. The van der Waals surface area contributed by atoms with Crippen molar-refractivity contribution in [2.45, 2.75) is 19.4 Å². The molecule has 1 amide bonds. The van der Waals surface area contributed by atoms with Crippen LogP contribution in [0, 0.1) is 6.92 Å². The van der Waals surface area contributed by atoms with Crippen LogP contribution in [0.4, 0.5) is 0 Å². The highest BCUT2D eigenvalue weighted by molar-refractivity contribution is 9.10. The second kappa shape index (κ2) is 6.63. The van der Waals surface area contributed by atoms with Crippen LogP contribution in [-0.2, 0) is 4.79 Å². The maximum atomic E-state index is 12.6. The number of carboxylic acid groups (broad SMARTS) is 1. The highest BCUT2D eigenvalue weighted by atomic mass is 79.9. The summed E-state index contributed by atoms with van der Waals surface area (Å²) in [6, 6.07) is 5.31. The molecule has 0 bridgehead atoms. The van der Waals surface area contributed by atoms with Crippen molar-refractivity contribution in [2.75, 3.05) is 18.1 Å². The lowest BCUT2D eigenvalue weighted by Crippen LogP contribution is -2.47. The highest BCUT2D eigenvalue weighted by Crippen LogP contribution is 2.23. The van der Waals surface area contributed by atoms with E-state index in [1.165, 1.54) is 0 Å². The zero-order valence-corrected chi connectivity index (χ0v) is 13.5. The van der Waals surface area contributed by atoms with Crippen LogP contribution in [0.3, 0.4) is 0 Å². The Kier molecular flexibility index (Phi) is 5.10. The third-order valence-electron chi connectivity index (χ3n) is 3.32. The largest absolute Gasteiger partial charge is 0.481 e. The summed E-state index contributed by atoms with van der Waals surface area (Å²) in [5, 5.41) is 8.97. The summed E-state index contributed by atoms with van der Waals surface area (Å²) in [5.41, 5.74) is 1.55. The van der Waals surface area contributed by atoms with Gasteiger partial charge in [-0.05, 0) is 30.7 Å². The number of rotatable bonds is 3. The van der Waals surface area contributed by atoms with Gasteiger partial charge in [0, 0.05) is 28.1 Å². The zero-order valence-electron chi connectivity index (χ0n) is 11.1. The van der Waals surface area contributed by atoms with Gasteiger partial charge in [0.1, 0.15) is 0 Å². The number of aliphatic carboxylic acids is 1. The molecule has 0 saturated carbocycles. The molecule has 6 heteroatoms. The fourth-order valence-electron chi connectivity index (χ4n) is 2.31. The lowest BCUT2D eigenvalue weighted by molar-refractivity contribution is -0.138. The van der Waals surface area contributed by atoms with E-state index in [0.717, 1.165) is 15.8 Å². The molecule has 1 aromatic rings. The van der Waals surface area contributed by atoms with Crippen molar-refractivity contribution < 1.29 is 14.7 Å². The SMILES string of the molecule is Cc1cc(Br)ccc1C(=O)N1CCSCC1CC(=O)O. The molecule has 4 nitrogen and oxygen atoms in total. The Morgan fingerprint density at radius 2 is 2.25 bits per heavy atom. The van der Waals surface area contributed by atoms with E-state index < -0.39 is 5.97 Å². The van der Waals surface area contributed by atoms with Crippen LogP contribution >= 0.6 is 27.7 Å². The molecule has 0 aromatic heterocycles. The highest BCUT2D eigenvalue weighted by Gasteiger charge is 2.30. The first-order chi connectivity index (χ1) is 9.49. The molecular formula is C14H16BrNO3S. The average Bonchev–Trinajstić information content (AvgIpc) is 2.38. The molecule has 0 aliphatic carbocycles. The first kappa shape index (κ1) is 15.4. The summed E-state index contributed by atoms with van der Waals surface area (Å²) in [7, 11) is 0. The summed E-state index contributed by atoms with van der Waals surface area (Å²) in [6.45, 7) is 2.50. The smallest absolute Gasteiger partial charge is 0.305 e. The van der Waals surface area contributed by atoms with Crippen LogP contribution < -0.4 is 0 Å². The minimum atomic E-state index is -0.858. The number of amides is 1. The second-order valence-corrected chi connectivity index (χ2v) is 6.85. The molecule has 1 heterocycles. The van der Waals surface area contributed by atoms with Crippen LogP contribution in [0.2, 0.25) is 0 Å². The Balaban J connectivity index is 2.22. The van der Waals surface area contributed by atoms with E-state index in [4.69, 9.17) is 5.11 Å². The molecule has 0 spiro atoms. The molecule has 1 unspecified atom stereocenters. The molecule has 1 N–H and O–H groups in total. The maximum absolute atomic E-state index is 12.6. The van der Waals surface area contributed by atoms with Gasteiger partial charge in [-0.3, -0.25) is 9.59 Å². The number of aryl methyl sites for hydroxylation is 1. The third-order valence-corrected chi connectivity index (χ3v) is 4.90. The van der Waals surface area contributed by atoms with E-state index in [1.807, 2.05) is 19.1 Å². The van der Waals surface area contributed by atoms with Crippen molar-refractivity contribution in [1.82, 2.24) is 4.90 Å². The topological polar surface area (TPSA) is 57.6 Å². The normalized spacial score (nSPS) is 18.9. The van der Waals surface area contributed by atoms with Gasteiger partial charge < -0.3 is 10.0 Å². The minimum Gasteiger partial charge on any atom is -0.481 e. The van der Waals surface area contributed by atoms with Gasteiger partial charge in [-0.1, -0.05) is 15.9 Å². The number of carbonyl (C=O) groups excluding carboxylic acids is 1. The molecule has 0 radical (unpaired) electrons. The van der Waals surface area contributed by atoms with E-state index in [9.17, 15) is 9.59 Å². The van der Waals surface area contributed by atoms with Gasteiger partial charge in [0.2, 0.25) is 0 Å². The molecule has 1 atom stereocenters. The lowest BCUT2D eigenvalue weighted by atomic mass is 10.1. The van der Waals surface area contributed by atoms with Crippen LogP contribution in [0.1, 0.15) is 22.3 Å². The summed E-state index contributed by atoms with van der Waals surface area (Å²) in [4.78, 5) is 25.3. The second-order valence-electron chi connectivity index (χ2n) is 4.78. The Bertz CT molecular complexity index is 535. The number of hydrogen-bond acceptors (Lipinski definition) is 3. The van der Waals surface area contributed by atoms with Gasteiger partial charge in [-0.2, -0.15) is 11.8 Å². The predicted octanol–water partition coefficient (Wildman–Crippen LogP) is 2.79. The standard InChI is InChI=1S/C14H16BrNO3S/c1-9-6-10(15)2-3-12(9)14(19)16-4-5-20-8-11(16)7-13(17)18/h2-3,6,11H,4-5,7-8H2,1H3,(H,17,18). The zero-order chi connectivity index (χ0) is 14.7. The number of halogens is 1. The maximum Gasteiger partial charge on any atom is 0.305 e. The first-order valence-electron chi connectivity index (χ1n) is 6.35. The lowest BCUT2D eigenvalue weighted by Gasteiger charge is -2.35. The Morgan fingerprint density at radius 3 is 2.90 bits per heavy atom. The van der Waals surface area contributed by atoms with Gasteiger partial charge in [0.25, 0.3) is 5.91 Å². The number of thioether (sulfide) groups is 1. The van der Waals surface area contributed by atoms with Crippen molar-refractivity contribution in [2.24, 2.45) is 0 Å². The molecule has 108 valence electrons. The van der Waals surface area contributed by atoms with E-state index in [0.29, 0.717) is 17.9 Å². The summed E-state index contributed by atoms with van der Waals surface area (Å²) >= 11 is 5.08. The van der Waals surface area contributed by atoms with Gasteiger partial charge >= 0.3 is 5.97 Å². The number of hydrogen-bond donors (Lipinski definition) is 1. The van der Waals surface area contributed by atoms with E-state index >= 15 is 0 Å². The molecular weight excluding hydrogens is 342 g/mol. The fraction of sp³-hybridized carbons (Fsp3) is 0.429. The number of carboxylic acids is 1. The van der Waals surface area contributed by atoms with Crippen LogP contribution in [0.15, 0.2) is 22.7 Å². The quantitative estimate of drug-likeness (QED) is 0.903. The van der Waals surface area contributed by atoms with Crippen molar-refractivity contribution in [3.63, 3.8) is 0 Å². The van der Waals surface area contributed by atoms with Gasteiger partial charge in [0.05, 0.1) is 12.5 Å². The first-order valence-corrected chi connectivity index (χ1v) is 8.30. The van der Waals surface area contributed by atoms with Crippen LogP contribution in [-0.4, -0.2) is 46.0 Å². The van der Waals surface area contributed by atoms with E-state index in [2.05, 4.69) is 15.9 Å². The van der Waals surface area contributed by atoms with E-state index in [-0.39, 0.29) is 18.4 Å². The molecule has 1 saturated heterocycles. The van der Waals surface area contributed by atoms with Crippen molar-refractivity contribution in [3.05, 3.63) is 33.8 Å². The monoisotopic (exact) mass is 357 g/mol. The molecule has 1 aliphatic rings. The van der Waals surface area contributed by atoms with Gasteiger partial charge in [0.15, 0.2) is 0 Å². The average molecular weight is 358 g/mol. The number of nitrogens with zero attached hydrogens (tertiary/aromatic N) is 1. The summed E-state index contributed by atoms with van der Waals surface area (Å²) < 4.78 is 0.933. The minimum absolute atomic E-state index is 0.00825. The summed E-state index contributed by atoms with van der Waals surface area (Å²) in [6.07, 6.45) is 0.00825. The van der Waals surface area contributed by atoms with Crippen LogP contribution in [0.25, 0.3) is 0 Å². The molecule has 2 rings (SSSR count). The molecule has 1 aliphatic heterocycles. The number of benzene rings is 1. The van der Waals surface area contributed by atoms with Crippen molar-refractivity contribution in [1.29, 1.82) is 0 Å². The molecule has 1 fully saturated rings. The predicted molar refractivity (Wildman–Crippen MR) is 83.3 cm³/mol. The van der Waals surface area contributed by atoms with Gasteiger partial charge in [-0.15, -0.1) is 0 Å². The number of carbonyl (C=O) groups is 2.